The van der Waals surface area contributed by atoms with Gasteiger partial charge in [-0.3, -0.25) is 0 Å². The molecule has 20 heavy (non-hydrogen) atoms. The molecule has 2 rings (SSSR count). The first-order chi connectivity index (χ1) is 9.52. The van der Waals surface area contributed by atoms with Crippen molar-refractivity contribution < 1.29 is 18.7 Å². The minimum Gasteiger partial charge on any atom is -0.465 e. The largest absolute Gasteiger partial charge is 0.465 e. The summed E-state index contributed by atoms with van der Waals surface area (Å²) >= 11 is 5.65. The summed E-state index contributed by atoms with van der Waals surface area (Å²) in [6.07, 6.45) is 0. The van der Waals surface area contributed by atoms with Crippen LogP contribution in [-0.4, -0.2) is 23.3 Å². The zero-order valence-corrected chi connectivity index (χ0v) is 11.4. The maximum atomic E-state index is 13.8. The third-order valence-electron chi connectivity index (χ3n) is 2.41. The van der Waals surface area contributed by atoms with Crippen LogP contribution in [0, 0.1) is 12.7 Å². The number of ether oxygens (including phenoxy) is 2. The van der Waals surface area contributed by atoms with Gasteiger partial charge in [0.2, 0.25) is 0 Å². The zero-order valence-electron chi connectivity index (χ0n) is 10.7. The highest BCUT2D eigenvalue weighted by atomic mass is 35.5. The van der Waals surface area contributed by atoms with Gasteiger partial charge in [-0.25, -0.2) is 9.18 Å². The molecule has 104 valence electrons. The average Bonchev–Trinajstić information content (AvgIpc) is 2.44. The molecule has 0 amide bonds. The van der Waals surface area contributed by atoms with Gasteiger partial charge in [-0.1, -0.05) is 17.7 Å². The third kappa shape index (κ3) is 2.85. The number of hydrogen-bond donors (Lipinski definition) is 0. The Hall–Kier alpha value is -2.21. The normalized spacial score (nSPS) is 10.2. The number of rotatable bonds is 3. The summed E-state index contributed by atoms with van der Waals surface area (Å²) in [5, 5.41) is 7.40. The van der Waals surface area contributed by atoms with E-state index in [0.717, 1.165) is 0 Å². The van der Waals surface area contributed by atoms with E-state index in [1.807, 2.05) is 0 Å². The second-order valence-corrected chi connectivity index (χ2v) is 4.26. The van der Waals surface area contributed by atoms with E-state index >= 15 is 0 Å². The Labute approximate surface area is 119 Å². The molecule has 0 aliphatic rings. The highest BCUT2D eigenvalue weighted by Gasteiger charge is 2.18. The predicted octanol–water partition coefficient (Wildman–Crippen LogP) is 3.16. The monoisotopic (exact) mass is 296 g/mol. The lowest BCUT2D eigenvalue weighted by Crippen LogP contribution is -2.07. The lowest BCUT2D eigenvalue weighted by molar-refractivity contribution is 0.0596. The average molecular weight is 297 g/mol. The SMILES string of the molecule is COC(=O)c1cc(C)nnc1Oc1cccc(Cl)c1F. The standard InChI is InChI=1S/C13H10ClFN2O3/c1-7-6-8(13(18)19-2)12(17-16-7)20-10-5-3-4-9(14)11(10)15/h3-6H,1-2H3. The number of halogens is 2. The first-order valence-electron chi connectivity index (χ1n) is 5.57. The number of carbonyl (C=O) groups is 1. The van der Waals surface area contributed by atoms with Gasteiger partial charge >= 0.3 is 5.97 Å². The lowest BCUT2D eigenvalue weighted by Gasteiger charge is -2.09. The van der Waals surface area contributed by atoms with Crippen molar-refractivity contribution in [1.29, 1.82) is 0 Å². The number of aromatic nitrogens is 2. The van der Waals surface area contributed by atoms with E-state index < -0.39 is 11.8 Å². The van der Waals surface area contributed by atoms with Crippen LogP contribution >= 0.6 is 11.6 Å². The van der Waals surface area contributed by atoms with E-state index in [1.165, 1.54) is 31.4 Å². The maximum Gasteiger partial charge on any atom is 0.343 e. The summed E-state index contributed by atoms with van der Waals surface area (Å²) in [6.45, 7) is 1.66. The second-order valence-electron chi connectivity index (χ2n) is 3.85. The van der Waals surface area contributed by atoms with Crippen molar-refractivity contribution in [1.82, 2.24) is 10.2 Å². The molecule has 2 aromatic rings. The molecule has 0 saturated carbocycles. The Morgan fingerprint density at radius 2 is 2.10 bits per heavy atom. The number of benzene rings is 1. The van der Waals surface area contributed by atoms with Crippen molar-refractivity contribution in [3.8, 4) is 11.6 Å². The van der Waals surface area contributed by atoms with Crippen molar-refractivity contribution in [3.63, 3.8) is 0 Å². The molecule has 0 saturated heterocycles. The van der Waals surface area contributed by atoms with Gasteiger partial charge in [0.05, 0.1) is 17.8 Å². The van der Waals surface area contributed by atoms with Gasteiger partial charge in [0.1, 0.15) is 5.56 Å². The van der Waals surface area contributed by atoms with Gasteiger partial charge in [0.25, 0.3) is 5.88 Å². The summed E-state index contributed by atoms with van der Waals surface area (Å²) in [7, 11) is 1.22. The number of esters is 1. The van der Waals surface area contributed by atoms with Crippen LogP contribution in [0.3, 0.4) is 0 Å². The molecule has 7 heteroatoms. The summed E-state index contributed by atoms with van der Waals surface area (Å²) in [5.41, 5.74) is 0.559. The van der Waals surface area contributed by atoms with Crippen molar-refractivity contribution in [3.05, 3.63) is 46.4 Å². The molecule has 0 N–H and O–H groups in total. The second kappa shape index (κ2) is 5.83. The van der Waals surface area contributed by atoms with Crippen LogP contribution in [0.5, 0.6) is 11.6 Å². The summed E-state index contributed by atoms with van der Waals surface area (Å²) in [4.78, 5) is 11.6. The van der Waals surface area contributed by atoms with Gasteiger partial charge in [-0.15, -0.1) is 5.10 Å². The Morgan fingerprint density at radius 3 is 2.80 bits per heavy atom. The molecule has 0 aliphatic heterocycles. The maximum absolute atomic E-state index is 13.8. The molecule has 0 spiro atoms. The van der Waals surface area contributed by atoms with E-state index in [-0.39, 0.29) is 22.2 Å². The molecule has 0 fully saturated rings. The van der Waals surface area contributed by atoms with Crippen molar-refractivity contribution >= 4 is 17.6 Å². The minimum absolute atomic E-state index is 0.0550. The predicted molar refractivity (Wildman–Crippen MR) is 69.6 cm³/mol. The molecule has 5 nitrogen and oxygen atoms in total. The van der Waals surface area contributed by atoms with E-state index in [1.54, 1.807) is 6.92 Å². The molecule has 0 unspecified atom stereocenters. The topological polar surface area (TPSA) is 61.3 Å². The van der Waals surface area contributed by atoms with E-state index in [0.29, 0.717) is 5.69 Å². The Bertz CT molecular complexity index is 664. The van der Waals surface area contributed by atoms with Gasteiger partial charge in [-0.05, 0) is 25.1 Å². The molecule has 1 aromatic heterocycles. The fraction of sp³-hybridized carbons (Fsp3) is 0.154. The summed E-state index contributed by atoms with van der Waals surface area (Å²) in [5.74, 6) is -1.70. The van der Waals surface area contributed by atoms with Crippen LogP contribution in [0.2, 0.25) is 5.02 Å². The van der Waals surface area contributed by atoms with Crippen LogP contribution in [0.25, 0.3) is 0 Å². The van der Waals surface area contributed by atoms with Gasteiger partial charge in [0.15, 0.2) is 11.6 Å². The van der Waals surface area contributed by atoms with Crippen LogP contribution < -0.4 is 4.74 Å². The number of carbonyl (C=O) groups excluding carboxylic acids is 1. The first kappa shape index (κ1) is 14.2. The van der Waals surface area contributed by atoms with E-state index in [4.69, 9.17) is 16.3 Å². The fourth-order valence-corrected chi connectivity index (χ4v) is 1.64. The highest BCUT2D eigenvalue weighted by molar-refractivity contribution is 6.30. The highest BCUT2D eigenvalue weighted by Crippen LogP contribution is 2.29. The quantitative estimate of drug-likeness (QED) is 0.814. The minimum atomic E-state index is -0.743. The van der Waals surface area contributed by atoms with Crippen LogP contribution in [0.4, 0.5) is 4.39 Å². The van der Waals surface area contributed by atoms with Gasteiger partial charge in [-0.2, -0.15) is 5.10 Å². The van der Waals surface area contributed by atoms with Crippen molar-refractivity contribution in [2.75, 3.05) is 7.11 Å². The van der Waals surface area contributed by atoms with Crippen LogP contribution in [-0.2, 0) is 4.74 Å². The van der Waals surface area contributed by atoms with E-state index in [2.05, 4.69) is 14.9 Å². The molecule has 0 radical (unpaired) electrons. The number of hydrogen-bond acceptors (Lipinski definition) is 5. The van der Waals surface area contributed by atoms with Crippen LogP contribution in [0.1, 0.15) is 16.1 Å². The van der Waals surface area contributed by atoms with Crippen molar-refractivity contribution in [2.24, 2.45) is 0 Å². The number of methoxy groups -OCH3 is 1. The molecule has 1 aromatic carbocycles. The zero-order chi connectivity index (χ0) is 14.7. The molecule has 0 bridgehead atoms. The Kier molecular flexibility index (Phi) is 4.14. The molecular weight excluding hydrogens is 287 g/mol. The lowest BCUT2D eigenvalue weighted by atomic mass is 10.2. The molecule has 0 atom stereocenters. The number of nitrogens with zero attached hydrogens (tertiary/aromatic N) is 2. The molecular formula is C13H10ClFN2O3. The summed E-state index contributed by atoms with van der Waals surface area (Å²) < 4.78 is 23.6. The van der Waals surface area contributed by atoms with E-state index in [9.17, 15) is 9.18 Å². The summed E-state index contributed by atoms with van der Waals surface area (Å²) in [6, 6.07) is 5.70. The first-order valence-corrected chi connectivity index (χ1v) is 5.95. The molecule has 1 heterocycles. The number of aryl methyl sites for hydroxylation is 1. The Morgan fingerprint density at radius 1 is 1.35 bits per heavy atom. The van der Waals surface area contributed by atoms with Crippen molar-refractivity contribution in [2.45, 2.75) is 6.92 Å². The van der Waals surface area contributed by atoms with Crippen LogP contribution in [0.15, 0.2) is 24.3 Å². The van der Waals surface area contributed by atoms with Gasteiger partial charge < -0.3 is 9.47 Å². The Balaban J connectivity index is 2.43. The van der Waals surface area contributed by atoms with Gasteiger partial charge in [0, 0.05) is 0 Å². The third-order valence-corrected chi connectivity index (χ3v) is 2.70. The smallest absolute Gasteiger partial charge is 0.343 e. The molecule has 0 aliphatic carbocycles. The fourth-order valence-electron chi connectivity index (χ4n) is 1.48.